The smallest absolute Gasteiger partial charge is 0.341 e. The number of carboxylic acid groups (broad SMARTS) is 1. The number of benzene rings is 1. The molecule has 5 nitrogen and oxygen atoms in total. The lowest BCUT2D eigenvalue weighted by Crippen LogP contribution is -2.17. The Morgan fingerprint density at radius 2 is 1.84 bits per heavy atom. The Hall–Kier alpha value is -2.63. The zero-order chi connectivity index (χ0) is 14.0. The summed E-state index contributed by atoms with van der Waals surface area (Å²) in [5.74, 6) is -2.42. The lowest BCUT2D eigenvalue weighted by Gasteiger charge is -2.08. The molecule has 1 heterocycles. The van der Waals surface area contributed by atoms with Crippen LogP contribution in [-0.4, -0.2) is 20.7 Å². The Morgan fingerprint density at radius 3 is 2.42 bits per heavy atom. The van der Waals surface area contributed by atoms with Crippen molar-refractivity contribution in [1.82, 2.24) is 4.57 Å². The minimum atomic E-state index is -1.41. The van der Waals surface area contributed by atoms with Crippen LogP contribution < -0.4 is 5.43 Å². The zero-order valence-electron chi connectivity index (χ0n) is 9.71. The van der Waals surface area contributed by atoms with E-state index in [0.717, 1.165) is 12.4 Å². The van der Waals surface area contributed by atoms with Crippen LogP contribution in [0.5, 0.6) is 5.75 Å². The third-order valence-electron chi connectivity index (χ3n) is 2.57. The molecule has 2 aromatic rings. The van der Waals surface area contributed by atoms with Crippen LogP contribution in [0.15, 0.2) is 41.5 Å². The van der Waals surface area contributed by atoms with Crippen LogP contribution >= 0.6 is 0 Å². The van der Waals surface area contributed by atoms with Gasteiger partial charge in [0.05, 0.1) is 6.20 Å². The third kappa shape index (κ3) is 2.79. The van der Waals surface area contributed by atoms with Crippen molar-refractivity contribution in [2.24, 2.45) is 0 Å². The van der Waals surface area contributed by atoms with E-state index in [1.165, 1.54) is 28.8 Å². The molecule has 0 aliphatic rings. The number of halogens is 1. The number of rotatable bonds is 3. The molecule has 0 aliphatic heterocycles. The summed E-state index contributed by atoms with van der Waals surface area (Å²) in [5, 5.41) is 18.2. The van der Waals surface area contributed by atoms with Gasteiger partial charge in [-0.1, -0.05) is 12.1 Å². The molecule has 0 unspecified atom stereocenters. The van der Waals surface area contributed by atoms with Gasteiger partial charge in [0.2, 0.25) is 5.43 Å². The van der Waals surface area contributed by atoms with Crippen molar-refractivity contribution >= 4 is 5.97 Å². The van der Waals surface area contributed by atoms with Crippen LogP contribution in [0.25, 0.3) is 0 Å². The molecule has 0 saturated heterocycles. The summed E-state index contributed by atoms with van der Waals surface area (Å²) in [7, 11) is 0. The van der Waals surface area contributed by atoms with Crippen LogP contribution in [0.3, 0.4) is 0 Å². The fourth-order valence-electron chi connectivity index (χ4n) is 1.66. The molecule has 0 atom stereocenters. The maximum Gasteiger partial charge on any atom is 0.341 e. The molecule has 2 N–H and O–H groups in total. The molecular weight excluding hydrogens is 253 g/mol. The van der Waals surface area contributed by atoms with Crippen molar-refractivity contribution in [3.63, 3.8) is 0 Å². The number of aromatic nitrogens is 1. The molecular formula is C13H10FNO4. The van der Waals surface area contributed by atoms with Gasteiger partial charge >= 0.3 is 5.97 Å². The summed E-state index contributed by atoms with van der Waals surface area (Å²) in [6, 6.07) is 5.61. The summed E-state index contributed by atoms with van der Waals surface area (Å²) in [4.78, 5) is 22.2. The second kappa shape index (κ2) is 4.93. The predicted molar refractivity (Wildman–Crippen MR) is 64.8 cm³/mol. The lowest BCUT2D eigenvalue weighted by molar-refractivity contribution is 0.0694. The van der Waals surface area contributed by atoms with Gasteiger partial charge in [0.25, 0.3) is 0 Å². The van der Waals surface area contributed by atoms with E-state index in [-0.39, 0.29) is 12.4 Å². The Kier molecular flexibility index (Phi) is 3.33. The Morgan fingerprint density at radius 1 is 1.21 bits per heavy atom. The summed E-state index contributed by atoms with van der Waals surface area (Å²) >= 11 is 0. The number of aromatic carboxylic acids is 1. The fourth-order valence-corrected chi connectivity index (χ4v) is 1.66. The van der Waals surface area contributed by atoms with E-state index < -0.39 is 22.7 Å². The summed E-state index contributed by atoms with van der Waals surface area (Å²) in [6.45, 7) is 0.217. The van der Waals surface area contributed by atoms with Gasteiger partial charge in [-0.15, -0.1) is 0 Å². The number of carbonyl (C=O) groups is 1. The van der Waals surface area contributed by atoms with Crippen molar-refractivity contribution in [1.29, 1.82) is 0 Å². The van der Waals surface area contributed by atoms with E-state index in [1.807, 2.05) is 0 Å². The zero-order valence-corrected chi connectivity index (χ0v) is 9.71. The van der Waals surface area contributed by atoms with Gasteiger partial charge < -0.3 is 14.8 Å². The molecule has 0 saturated carbocycles. The first-order valence-electron chi connectivity index (χ1n) is 5.38. The van der Waals surface area contributed by atoms with E-state index in [2.05, 4.69) is 0 Å². The summed E-state index contributed by atoms with van der Waals surface area (Å²) in [5.41, 5.74) is -0.731. The van der Waals surface area contributed by atoms with E-state index in [1.54, 1.807) is 0 Å². The van der Waals surface area contributed by atoms with E-state index >= 15 is 0 Å². The molecule has 0 bridgehead atoms. The third-order valence-corrected chi connectivity index (χ3v) is 2.57. The van der Waals surface area contributed by atoms with Gasteiger partial charge in [-0.2, -0.15) is 0 Å². The van der Waals surface area contributed by atoms with Gasteiger partial charge in [0, 0.05) is 12.7 Å². The van der Waals surface area contributed by atoms with Crippen LogP contribution in [0.2, 0.25) is 0 Å². The highest BCUT2D eigenvalue weighted by molar-refractivity contribution is 5.87. The van der Waals surface area contributed by atoms with Crippen LogP contribution in [-0.2, 0) is 6.54 Å². The van der Waals surface area contributed by atoms with Gasteiger partial charge in [-0.25, -0.2) is 9.18 Å². The molecule has 0 amide bonds. The predicted octanol–water partition coefficient (Wildman–Crippen LogP) is 1.44. The fraction of sp³-hybridized carbons (Fsp3) is 0.0769. The molecule has 0 aliphatic carbocycles. The second-order valence-electron chi connectivity index (χ2n) is 3.99. The molecule has 2 rings (SSSR count). The molecule has 0 spiro atoms. The largest absolute Gasteiger partial charge is 0.503 e. The van der Waals surface area contributed by atoms with E-state index in [4.69, 9.17) is 5.11 Å². The van der Waals surface area contributed by atoms with Crippen molar-refractivity contribution in [3.05, 3.63) is 63.8 Å². The first kappa shape index (κ1) is 12.8. The number of aromatic hydroxyl groups is 1. The highest BCUT2D eigenvalue weighted by atomic mass is 19.1. The van der Waals surface area contributed by atoms with Crippen molar-refractivity contribution < 1.29 is 19.4 Å². The standard InChI is InChI=1S/C13H10FNO4/c14-9-3-1-8(2-4-9)5-15-6-10(13(18)19)12(17)11(16)7-15/h1-4,6-7,16H,5H2,(H,18,19). The number of carboxylic acids is 1. The molecule has 6 heteroatoms. The minimum Gasteiger partial charge on any atom is -0.503 e. The lowest BCUT2D eigenvalue weighted by atomic mass is 10.2. The molecule has 1 aromatic carbocycles. The monoisotopic (exact) mass is 263 g/mol. The van der Waals surface area contributed by atoms with Crippen LogP contribution in [0.1, 0.15) is 15.9 Å². The maximum atomic E-state index is 12.7. The topological polar surface area (TPSA) is 79.5 Å². The highest BCUT2D eigenvalue weighted by Crippen LogP contribution is 2.09. The number of pyridine rings is 1. The Bertz CT molecular complexity index is 676. The number of hydrogen-bond donors (Lipinski definition) is 2. The molecule has 1 aromatic heterocycles. The first-order chi connectivity index (χ1) is 8.97. The van der Waals surface area contributed by atoms with Crippen LogP contribution in [0.4, 0.5) is 4.39 Å². The van der Waals surface area contributed by atoms with Gasteiger partial charge in [0.1, 0.15) is 11.4 Å². The summed E-state index contributed by atoms with van der Waals surface area (Å²) < 4.78 is 14.1. The number of hydrogen-bond acceptors (Lipinski definition) is 3. The summed E-state index contributed by atoms with van der Waals surface area (Å²) in [6.07, 6.45) is 2.27. The van der Waals surface area contributed by atoms with E-state index in [9.17, 15) is 19.1 Å². The SMILES string of the molecule is O=C(O)c1cn(Cc2ccc(F)cc2)cc(O)c1=O. The van der Waals surface area contributed by atoms with E-state index in [0.29, 0.717) is 5.56 Å². The van der Waals surface area contributed by atoms with Crippen molar-refractivity contribution in [2.75, 3.05) is 0 Å². The first-order valence-corrected chi connectivity index (χ1v) is 5.38. The number of nitrogens with zero attached hydrogens (tertiary/aromatic N) is 1. The quantitative estimate of drug-likeness (QED) is 0.878. The Labute approximate surface area is 107 Å². The van der Waals surface area contributed by atoms with Crippen molar-refractivity contribution in [3.8, 4) is 5.75 Å². The maximum absolute atomic E-state index is 12.7. The minimum absolute atomic E-state index is 0.217. The average molecular weight is 263 g/mol. The van der Waals surface area contributed by atoms with Gasteiger partial charge in [-0.3, -0.25) is 4.79 Å². The second-order valence-corrected chi connectivity index (χ2v) is 3.99. The van der Waals surface area contributed by atoms with Crippen LogP contribution in [0, 0.1) is 5.82 Å². The molecule has 98 valence electrons. The van der Waals surface area contributed by atoms with Crippen molar-refractivity contribution in [2.45, 2.75) is 6.54 Å². The highest BCUT2D eigenvalue weighted by Gasteiger charge is 2.13. The van der Waals surface area contributed by atoms with Gasteiger partial charge in [-0.05, 0) is 17.7 Å². The normalized spacial score (nSPS) is 10.4. The molecule has 0 radical (unpaired) electrons. The molecule has 19 heavy (non-hydrogen) atoms. The Balaban J connectivity index is 2.38. The average Bonchev–Trinajstić information content (AvgIpc) is 2.36. The molecule has 0 fully saturated rings. The van der Waals surface area contributed by atoms with Gasteiger partial charge in [0.15, 0.2) is 5.75 Å².